The number of ether oxygens (including phenoxy) is 1. The van der Waals surface area contributed by atoms with Crippen molar-refractivity contribution in [3.63, 3.8) is 0 Å². The smallest absolute Gasteiger partial charge is 0.139 e. The van der Waals surface area contributed by atoms with Gasteiger partial charge in [-0.15, -0.1) is 0 Å². The van der Waals surface area contributed by atoms with Crippen LogP contribution in [0.4, 0.5) is 5.69 Å². The Balaban J connectivity index is 2.19. The van der Waals surface area contributed by atoms with E-state index in [2.05, 4.69) is 15.9 Å². The molecule has 2 nitrogen and oxygen atoms in total. The summed E-state index contributed by atoms with van der Waals surface area (Å²) in [6.45, 7) is 0.268. The first-order chi connectivity index (χ1) is 8.97. The van der Waals surface area contributed by atoms with E-state index in [1.54, 1.807) is 30.3 Å². The van der Waals surface area contributed by atoms with Gasteiger partial charge < -0.3 is 10.5 Å². The quantitative estimate of drug-likeness (QED) is 0.557. The Morgan fingerprint density at radius 3 is 2.53 bits per heavy atom. The van der Waals surface area contributed by atoms with Crippen molar-refractivity contribution in [3.05, 3.63) is 55.4 Å². The zero-order valence-electron chi connectivity index (χ0n) is 9.59. The monoisotopic (exact) mass is 379 g/mol. The second kappa shape index (κ2) is 6.23. The molecular weight excluding hydrogens is 372 g/mol. The van der Waals surface area contributed by atoms with Crippen molar-refractivity contribution < 1.29 is 4.74 Å². The predicted octanol–water partition coefficient (Wildman–Crippen LogP) is 5.57. The Morgan fingerprint density at radius 2 is 1.79 bits per heavy atom. The molecule has 6 heteroatoms. The Labute approximate surface area is 134 Å². The molecular formula is C13H9BrCl3NO. The molecule has 0 atom stereocenters. The van der Waals surface area contributed by atoms with Crippen LogP contribution in [-0.4, -0.2) is 0 Å². The highest BCUT2D eigenvalue weighted by atomic mass is 79.9. The molecule has 2 rings (SSSR count). The van der Waals surface area contributed by atoms with Crippen LogP contribution in [0.15, 0.2) is 34.8 Å². The summed E-state index contributed by atoms with van der Waals surface area (Å²) in [5, 5.41) is 1.60. The van der Waals surface area contributed by atoms with Crippen LogP contribution in [0.25, 0.3) is 0 Å². The van der Waals surface area contributed by atoms with E-state index in [0.29, 0.717) is 31.0 Å². The lowest BCUT2D eigenvalue weighted by Gasteiger charge is -2.11. The van der Waals surface area contributed by atoms with Crippen LogP contribution >= 0.6 is 50.7 Å². The maximum Gasteiger partial charge on any atom is 0.139 e. The molecule has 0 aliphatic rings. The van der Waals surface area contributed by atoms with Crippen molar-refractivity contribution in [2.24, 2.45) is 0 Å². The van der Waals surface area contributed by atoms with Gasteiger partial charge in [0.15, 0.2) is 0 Å². The molecule has 0 aliphatic carbocycles. The van der Waals surface area contributed by atoms with Gasteiger partial charge in [0.1, 0.15) is 12.4 Å². The van der Waals surface area contributed by atoms with Crippen LogP contribution in [-0.2, 0) is 6.61 Å². The van der Waals surface area contributed by atoms with Crippen molar-refractivity contribution >= 4 is 56.4 Å². The highest BCUT2D eigenvalue weighted by Gasteiger charge is 2.08. The van der Waals surface area contributed by atoms with Crippen molar-refractivity contribution in [1.29, 1.82) is 0 Å². The Morgan fingerprint density at radius 1 is 1.05 bits per heavy atom. The number of rotatable bonds is 3. The van der Waals surface area contributed by atoms with Gasteiger partial charge in [0.25, 0.3) is 0 Å². The minimum atomic E-state index is 0.268. The molecule has 0 aliphatic heterocycles. The molecule has 2 N–H and O–H groups in total. The minimum Gasteiger partial charge on any atom is -0.487 e. The van der Waals surface area contributed by atoms with E-state index >= 15 is 0 Å². The molecule has 0 saturated heterocycles. The molecule has 0 heterocycles. The predicted molar refractivity (Wildman–Crippen MR) is 84.4 cm³/mol. The zero-order valence-corrected chi connectivity index (χ0v) is 13.4. The number of anilines is 1. The van der Waals surface area contributed by atoms with Gasteiger partial charge in [-0.05, 0) is 40.2 Å². The topological polar surface area (TPSA) is 35.2 Å². The molecule has 0 amide bonds. The van der Waals surface area contributed by atoms with Gasteiger partial charge >= 0.3 is 0 Å². The summed E-state index contributed by atoms with van der Waals surface area (Å²) < 4.78 is 6.34. The number of hydrogen-bond donors (Lipinski definition) is 1. The summed E-state index contributed by atoms with van der Waals surface area (Å²) in [4.78, 5) is 0. The van der Waals surface area contributed by atoms with Crippen molar-refractivity contribution in [2.45, 2.75) is 6.61 Å². The fraction of sp³-hybridized carbons (Fsp3) is 0.0769. The normalized spacial score (nSPS) is 10.5. The number of benzene rings is 2. The van der Waals surface area contributed by atoms with Gasteiger partial charge in [0.05, 0.1) is 10.0 Å². The maximum absolute atomic E-state index is 6.07. The third kappa shape index (κ3) is 3.69. The van der Waals surface area contributed by atoms with Crippen molar-refractivity contribution in [2.75, 3.05) is 5.73 Å². The van der Waals surface area contributed by atoms with Crippen molar-refractivity contribution in [1.82, 2.24) is 0 Å². The second-order valence-corrected chi connectivity index (χ2v) is 5.93. The summed E-state index contributed by atoms with van der Waals surface area (Å²) >= 11 is 21.3. The molecule has 19 heavy (non-hydrogen) atoms. The Hall–Kier alpha value is -0.610. The molecule has 0 saturated carbocycles. The fourth-order valence-corrected chi connectivity index (χ4v) is 2.51. The standard InChI is InChI=1S/C13H9BrCl3NO/c14-9-4-11(17)13(5-10(9)16)19-6-7-3-8(15)1-2-12(7)18/h1-5H,6,18H2. The number of halogens is 4. The van der Waals surface area contributed by atoms with E-state index in [1.165, 1.54) is 0 Å². The lowest BCUT2D eigenvalue weighted by Crippen LogP contribution is -2.00. The molecule has 0 radical (unpaired) electrons. The van der Waals surface area contributed by atoms with E-state index in [4.69, 9.17) is 45.3 Å². The summed E-state index contributed by atoms with van der Waals surface area (Å²) in [5.74, 6) is 0.495. The van der Waals surface area contributed by atoms with Crippen LogP contribution in [0.5, 0.6) is 5.75 Å². The largest absolute Gasteiger partial charge is 0.487 e. The van der Waals surface area contributed by atoms with Gasteiger partial charge in [-0.1, -0.05) is 34.8 Å². The second-order valence-electron chi connectivity index (χ2n) is 3.83. The van der Waals surface area contributed by atoms with Gasteiger partial charge in [-0.25, -0.2) is 0 Å². The SMILES string of the molecule is Nc1ccc(Cl)cc1COc1cc(Cl)c(Br)cc1Cl. The number of nitrogens with two attached hydrogens (primary N) is 1. The van der Waals surface area contributed by atoms with Crippen molar-refractivity contribution in [3.8, 4) is 5.75 Å². The van der Waals surface area contributed by atoms with Gasteiger partial charge in [0.2, 0.25) is 0 Å². The van der Waals surface area contributed by atoms with Crippen LogP contribution in [0, 0.1) is 0 Å². The first kappa shape index (κ1) is 14.8. The van der Waals surface area contributed by atoms with E-state index in [9.17, 15) is 0 Å². The van der Waals surface area contributed by atoms with E-state index < -0.39 is 0 Å². The van der Waals surface area contributed by atoms with E-state index in [1.807, 2.05) is 0 Å². The maximum atomic E-state index is 6.07. The molecule has 0 aromatic heterocycles. The first-order valence-corrected chi connectivity index (χ1v) is 7.21. The molecule has 0 bridgehead atoms. The zero-order chi connectivity index (χ0) is 14.0. The van der Waals surface area contributed by atoms with Crippen LogP contribution < -0.4 is 10.5 Å². The molecule has 0 fully saturated rings. The van der Waals surface area contributed by atoms with Crippen LogP contribution in [0.1, 0.15) is 5.56 Å². The van der Waals surface area contributed by atoms with Crippen LogP contribution in [0.2, 0.25) is 15.1 Å². The number of nitrogen functional groups attached to an aromatic ring is 1. The third-order valence-corrected chi connectivity index (χ3v) is 4.19. The van der Waals surface area contributed by atoms with Crippen LogP contribution in [0.3, 0.4) is 0 Å². The van der Waals surface area contributed by atoms with Gasteiger partial charge in [-0.2, -0.15) is 0 Å². The summed E-state index contributed by atoms with van der Waals surface area (Å²) in [5.41, 5.74) is 7.25. The first-order valence-electron chi connectivity index (χ1n) is 5.28. The summed E-state index contributed by atoms with van der Waals surface area (Å²) in [6, 6.07) is 8.54. The van der Waals surface area contributed by atoms with E-state index in [0.717, 1.165) is 5.56 Å². The molecule has 0 unspecified atom stereocenters. The lowest BCUT2D eigenvalue weighted by molar-refractivity contribution is 0.307. The molecule has 2 aromatic rings. The molecule has 0 spiro atoms. The van der Waals surface area contributed by atoms with Gasteiger partial charge in [-0.3, -0.25) is 0 Å². The average Bonchev–Trinajstić information content (AvgIpc) is 2.36. The summed E-state index contributed by atoms with van der Waals surface area (Å²) in [7, 11) is 0. The fourth-order valence-electron chi connectivity index (χ4n) is 1.47. The average molecular weight is 381 g/mol. The minimum absolute atomic E-state index is 0.268. The third-order valence-electron chi connectivity index (χ3n) is 2.46. The highest BCUT2D eigenvalue weighted by Crippen LogP contribution is 2.34. The summed E-state index contributed by atoms with van der Waals surface area (Å²) in [6.07, 6.45) is 0. The van der Waals surface area contributed by atoms with E-state index in [-0.39, 0.29) is 6.61 Å². The lowest BCUT2D eigenvalue weighted by atomic mass is 10.2. The molecule has 2 aromatic carbocycles. The Bertz CT molecular complexity index is 619. The Kier molecular flexibility index (Phi) is 4.85. The highest BCUT2D eigenvalue weighted by molar-refractivity contribution is 9.10. The molecule has 100 valence electrons. The number of hydrogen-bond acceptors (Lipinski definition) is 2. The van der Waals surface area contributed by atoms with Gasteiger partial charge in [0, 0.05) is 26.8 Å².